The van der Waals surface area contributed by atoms with Crippen molar-refractivity contribution in [3.63, 3.8) is 0 Å². The molecule has 11 heavy (non-hydrogen) atoms. The van der Waals surface area contributed by atoms with Gasteiger partial charge in [-0.2, -0.15) is 0 Å². The molecule has 0 rings (SSSR count). The molecule has 0 aliphatic rings. The Bertz CT molecular complexity index is 47.7. The van der Waals surface area contributed by atoms with Crippen LogP contribution in [0.4, 0.5) is 0 Å². The third kappa shape index (κ3) is 89.8. The van der Waals surface area contributed by atoms with E-state index in [-0.39, 0.29) is 6.47 Å². The van der Waals surface area contributed by atoms with Crippen molar-refractivity contribution in [2.45, 2.75) is 39.5 Å². The van der Waals surface area contributed by atoms with Gasteiger partial charge in [0.05, 0.1) is 0 Å². The van der Waals surface area contributed by atoms with E-state index in [0.717, 1.165) is 0 Å². The number of carboxylic acid groups (broad SMARTS) is 1. The standard InChI is InChI=1S/C6H14.CH2O2.H4N2/c1-3-5-6-4-2;2-1-3;1-2/h3-6H2,1-2H3;1H,(H,2,3);1-2H2. The molecule has 0 heterocycles. The summed E-state index contributed by atoms with van der Waals surface area (Å²) in [4.78, 5) is 8.36. The highest BCUT2D eigenvalue weighted by molar-refractivity contribution is 5.32. The molecule has 4 heteroatoms. The van der Waals surface area contributed by atoms with Crippen LogP contribution in [-0.2, 0) is 4.79 Å². The van der Waals surface area contributed by atoms with Gasteiger partial charge in [0.2, 0.25) is 0 Å². The minimum Gasteiger partial charge on any atom is -0.483 e. The van der Waals surface area contributed by atoms with Gasteiger partial charge >= 0.3 is 0 Å². The average molecular weight is 164 g/mol. The molecule has 0 atom stereocenters. The Hall–Kier alpha value is -0.610. The van der Waals surface area contributed by atoms with Gasteiger partial charge in [-0.25, -0.2) is 0 Å². The molecule has 0 aliphatic carbocycles. The molecule has 4 nitrogen and oxygen atoms in total. The molecule has 0 radical (unpaired) electrons. The fourth-order valence-electron chi connectivity index (χ4n) is 0.500. The van der Waals surface area contributed by atoms with Crippen molar-refractivity contribution in [3.05, 3.63) is 0 Å². The van der Waals surface area contributed by atoms with Crippen molar-refractivity contribution in [1.29, 1.82) is 0 Å². The highest BCUT2D eigenvalue weighted by atomic mass is 16.3. The Kier molecular flexibility index (Phi) is 52.3. The van der Waals surface area contributed by atoms with E-state index in [4.69, 9.17) is 9.90 Å². The lowest BCUT2D eigenvalue weighted by molar-refractivity contribution is -0.122. The van der Waals surface area contributed by atoms with Crippen molar-refractivity contribution in [1.82, 2.24) is 0 Å². The normalized spacial score (nSPS) is 6.55. The Labute approximate surface area is 68.5 Å². The number of hydrogen-bond donors (Lipinski definition) is 3. The fraction of sp³-hybridized carbons (Fsp3) is 0.857. The molecule has 0 saturated heterocycles. The van der Waals surface area contributed by atoms with Crippen LogP contribution in [0.5, 0.6) is 0 Å². The van der Waals surface area contributed by atoms with Crippen LogP contribution in [-0.4, -0.2) is 11.6 Å². The SMILES string of the molecule is CCCCCC.NN.O=CO. The van der Waals surface area contributed by atoms with Crippen LogP contribution >= 0.6 is 0 Å². The number of hydrazine groups is 1. The zero-order valence-corrected chi connectivity index (χ0v) is 7.42. The summed E-state index contributed by atoms with van der Waals surface area (Å²) in [6, 6.07) is 0. The summed E-state index contributed by atoms with van der Waals surface area (Å²) in [5, 5.41) is 6.89. The van der Waals surface area contributed by atoms with Crippen LogP contribution in [0.1, 0.15) is 39.5 Å². The average Bonchev–Trinajstić information content (AvgIpc) is 2.06. The highest BCUT2D eigenvalue weighted by Gasteiger charge is 1.75. The summed E-state index contributed by atoms with van der Waals surface area (Å²) in [5.41, 5.74) is 0. The Morgan fingerprint density at radius 3 is 1.45 bits per heavy atom. The zero-order chi connectivity index (χ0) is 9.54. The molecule has 0 aromatic heterocycles. The van der Waals surface area contributed by atoms with Crippen molar-refractivity contribution in [2.24, 2.45) is 11.7 Å². The molecule has 0 spiro atoms. The first kappa shape index (κ1) is 16.8. The molecular weight excluding hydrogens is 144 g/mol. The number of carbonyl (C=O) groups is 1. The zero-order valence-electron chi connectivity index (χ0n) is 7.42. The van der Waals surface area contributed by atoms with E-state index < -0.39 is 0 Å². The maximum absolute atomic E-state index is 8.36. The van der Waals surface area contributed by atoms with Gasteiger partial charge in [-0.1, -0.05) is 39.5 Å². The largest absolute Gasteiger partial charge is 0.483 e. The van der Waals surface area contributed by atoms with Crippen molar-refractivity contribution >= 4 is 6.47 Å². The summed E-state index contributed by atoms with van der Waals surface area (Å²) < 4.78 is 0. The van der Waals surface area contributed by atoms with Gasteiger partial charge in [0, 0.05) is 0 Å². The van der Waals surface area contributed by atoms with E-state index in [9.17, 15) is 0 Å². The molecule has 0 fully saturated rings. The highest BCUT2D eigenvalue weighted by Crippen LogP contribution is 1.95. The first-order chi connectivity index (χ1) is 5.33. The number of rotatable bonds is 3. The molecule has 0 saturated carbocycles. The van der Waals surface area contributed by atoms with Gasteiger partial charge in [0.25, 0.3) is 6.47 Å². The van der Waals surface area contributed by atoms with Crippen LogP contribution in [0.2, 0.25) is 0 Å². The van der Waals surface area contributed by atoms with E-state index in [1.165, 1.54) is 25.7 Å². The third-order valence-corrected chi connectivity index (χ3v) is 0.957. The molecule has 70 valence electrons. The summed E-state index contributed by atoms with van der Waals surface area (Å²) in [6.45, 7) is 4.21. The quantitative estimate of drug-likeness (QED) is 0.252. The monoisotopic (exact) mass is 164 g/mol. The van der Waals surface area contributed by atoms with Crippen molar-refractivity contribution in [2.75, 3.05) is 0 Å². The Balaban J connectivity index is -0.000000109. The van der Waals surface area contributed by atoms with Crippen molar-refractivity contribution < 1.29 is 9.90 Å². The van der Waals surface area contributed by atoms with E-state index in [2.05, 4.69) is 25.5 Å². The smallest absolute Gasteiger partial charge is 0.290 e. The first-order valence-corrected chi connectivity index (χ1v) is 3.74. The van der Waals surface area contributed by atoms with Gasteiger partial charge in [-0.3, -0.25) is 16.5 Å². The lowest BCUT2D eigenvalue weighted by Gasteiger charge is -1.86. The number of nitrogens with two attached hydrogens (primary N) is 2. The van der Waals surface area contributed by atoms with E-state index in [1.807, 2.05) is 0 Å². The van der Waals surface area contributed by atoms with Crippen LogP contribution in [0.3, 0.4) is 0 Å². The van der Waals surface area contributed by atoms with Crippen LogP contribution in [0.25, 0.3) is 0 Å². The summed E-state index contributed by atoms with van der Waals surface area (Å²) in [5.74, 6) is 8.00. The van der Waals surface area contributed by atoms with Gasteiger partial charge in [-0.05, 0) is 0 Å². The van der Waals surface area contributed by atoms with E-state index in [0.29, 0.717) is 0 Å². The predicted molar refractivity (Wildman–Crippen MR) is 46.9 cm³/mol. The minimum atomic E-state index is -0.250. The summed E-state index contributed by atoms with van der Waals surface area (Å²) >= 11 is 0. The Morgan fingerprint density at radius 2 is 1.36 bits per heavy atom. The molecule has 0 unspecified atom stereocenters. The number of hydrogen-bond acceptors (Lipinski definition) is 3. The van der Waals surface area contributed by atoms with E-state index in [1.54, 1.807) is 0 Å². The maximum Gasteiger partial charge on any atom is 0.290 e. The second-order valence-corrected chi connectivity index (χ2v) is 1.81. The summed E-state index contributed by atoms with van der Waals surface area (Å²) in [6.07, 6.45) is 5.54. The van der Waals surface area contributed by atoms with Crippen LogP contribution in [0.15, 0.2) is 0 Å². The van der Waals surface area contributed by atoms with Gasteiger partial charge in [0.1, 0.15) is 0 Å². The van der Waals surface area contributed by atoms with Crippen LogP contribution < -0.4 is 11.7 Å². The minimum absolute atomic E-state index is 0.250. The second-order valence-electron chi connectivity index (χ2n) is 1.81. The first-order valence-electron chi connectivity index (χ1n) is 3.74. The van der Waals surface area contributed by atoms with Gasteiger partial charge in [-0.15, -0.1) is 0 Å². The van der Waals surface area contributed by atoms with Crippen LogP contribution in [0, 0.1) is 0 Å². The van der Waals surface area contributed by atoms with E-state index >= 15 is 0 Å². The fourth-order valence-corrected chi connectivity index (χ4v) is 0.500. The predicted octanol–water partition coefficient (Wildman–Crippen LogP) is 1.11. The maximum atomic E-state index is 8.36. The molecule has 0 bridgehead atoms. The molecular formula is C7H20N2O2. The molecule has 0 aromatic rings. The lowest BCUT2D eigenvalue weighted by atomic mass is 10.2. The van der Waals surface area contributed by atoms with Gasteiger partial charge in [0.15, 0.2) is 0 Å². The van der Waals surface area contributed by atoms with Gasteiger partial charge < -0.3 is 5.11 Å². The third-order valence-electron chi connectivity index (χ3n) is 0.957. The molecule has 5 N–H and O–H groups in total. The Morgan fingerprint density at radius 1 is 1.18 bits per heavy atom. The second kappa shape index (κ2) is 34.3. The number of unbranched alkanes of at least 4 members (excludes halogenated alkanes) is 3. The van der Waals surface area contributed by atoms with Crippen molar-refractivity contribution in [3.8, 4) is 0 Å². The lowest BCUT2D eigenvalue weighted by Crippen LogP contribution is -2.02. The summed E-state index contributed by atoms with van der Waals surface area (Å²) in [7, 11) is 0. The molecule has 0 amide bonds. The molecule has 0 aromatic carbocycles. The topological polar surface area (TPSA) is 89.3 Å². The molecule has 0 aliphatic heterocycles.